The number of pyridine rings is 1. The number of nitrogens with one attached hydrogen (secondary N) is 1. The fraction of sp³-hybridized carbons (Fsp3) is 0.0714. The van der Waals surface area contributed by atoms with Gasteiger partial charge in [0.05, 0.1) is 0 Å². The number of para-hydroxylation sites is 1. The zero-order valence-electron chi connectivity index (χ0n) is 19.0. The summed E-state index contributed by atoms with van der Waals surface area (Å²) in [6.07, 6.45) is 1.95. The Morgan fingerprint density at radius 1 is 0.944 bits per heavy atom. The van der Waals surface area contributed by atoms with E-state index in [0.717, 1.165) is 21.5 Å². The monoisotopic (exact) mass is 561 g/mol. The van der Waals surface area contributed by atoms with Crippen LogP contribution < -0.4 is 14.8 Å². The van der Waals surface area contributed by atoms with E-state index in [1.54, 1.807) is 30.3 Å². The van der Waals surface area contributed by atoms with Crippen molar-refractivity contribution in [1.82, 2.24) is 9.38 Å². The quantitative estimate of drug-likeness (QED) is 0.163. The van der Waals surface area contributed by atoms with Crippen molar-refractivity contribution in [2.75, 3.05) is 11.9 Å². The summed E-state index contributed by atoms with van der Waals surface area (Å²) < 4.78 is 14.1. The SMILES string of the molecule is O=C(COc1ccc(Cl)cc1)Oc1ccccc1-c1nc2ccc(Br)cn2c1NCc1ccccc1. The molecule has 0 saturated heterocycles. The van der Waals surface area contributed by atoms with E-state index >= 15 is 0 Å². The number of anilines is 1. The molecule has 36 heavy (non-hydrogen) atoms. The van der Waals surface area contributed by atoms with Gasteiger partial charge < -0.3 is 14.8 Å². The van der Waals surface area contributed by atoms with Gasteiger partial charge in [0.1, 0.15) is 28.7 Å². The lowest BCUT2D eigenvalue weighted by Gasteiger charge is -2.12. The lowest BCUT2D eigenvalue weighted by atomic mass is 10.1. The molecule has 8 heteroatoms. The number of imidazole rings is 1. The van der Waals surface area contributed by atoms with Crippen LogP contribution in [-0.2, 0) is 11.3 Å². The summed E-state index contributed by atoms with van der Waals surface area (Å²) in [7, 11) is 0. The molecule has 0 aliphatic heterocycles. The molecule has 5 aromatic rings. The first kappa shape index (κ1) is 23.9. The van der Waals surface area contributed by atoms with E-state index in [0.29, 0.717) is 34.3 Å². The highest BCUT2D eigenvalue weighted by molar-refractivity contribution is 9.10. The molecule has 2 aromatic heterocycles. The van der Waals surface area contributed by atoms with Crippen LogP contribution in [0.5, 0.6) is 11.5 Å². The lowest BCUT2D eigenvalue weighted by Crippen LogP contribution is -2.18. The van der Waals surface area contributed by atoms with Crippen LogP contribution in [0.3, 0.4) is 0 Å². The maximum absolute atomic E-state index is 12.6. The summed E-state index contributed by atoms with van der Waals surface area (Å²) in [5.41, 5.74) is 3.25. The third kappa shape index (κ3) is 5.53. The largest absolute Gasteiger partial charge is 0.482 e. The second kappa shape index (κ2) is 10.8. The number of carbonyl (C=O) groups is 1. The highest BCUT2D eigenvalue weighted by Crippen LogP contribution is 2.36. The average molecular weight is 563 g/mol. The minimum atomic E-state index is -0.525. The van der Waals surface area contributed by atoms with Crippen LogP contribution in [0.4, 0.5) is 5.82 Å². The van der Waals surface area contributed by atoms with Crippen molar-refractivity contribution in [2.45, 2.75) is 6.54 Å². The topological polar surface area (TPSA) is 64.9 Å². The Balaban J connectivity index is 1.43. The number of hydrogen-bond acceptors (Lipinski definition) is 5. The molecule has 0 aliphatic carbocycles. The van der Waals surface area contributed by atoms with Gasteiger partial charge in [0.25, 0.3) is 0 Å². The Morgan fingerprint density at radius 2 is 1.69 bits per heavy atom. The van der Waals surface area contributed by atoms with Crippen LogP contribution in [0.15, 0.2) is 102 Å². The predicted molar refractivity (Wildman–Crippen MR) is 145 cm³/mol. The first-order chi connectivity index (χ1) is 17.6. The molecule has 0 amide bonds. The number of fused-ring (bicyclic) bond motifs is 1. The number of rotatable bonds is 8. The van der Waals surface area contributed by atoms with Crippen molar-refractivity contribution in [3.63, 3.8) is 0 Å². The molecule has 0 saturated carbocycles. The van der Waals surface area contributed by atoms with Gasteiger partial charge >= 0.3 is 5.97 Å². The molecule has 0 spiro atoms. The fourth-order valence-corrected chi connectivity index (χ4v) is 4.20. The van der Waals surface area contributed by atoms with E-state index in [2.05, 4.69) is 33.4 Å². The van der Waals surface area contributed by atoms with Crippen molar-refractivity contribution >= 4 is 45.0 Å². The molecule has 6 nitrogen and oxygen atoms in total. The van der Waals surface area contributed by atoms with Gasteiger partial charge in [-0.2, -0.15) is 0 Å². The van der Waals surface area contributed by atoms with E-state index < -0.39 is 5.97 Å². The summed E-state index contributed by atoms with van der Waals surface area (Å²) in [5.74, 6) is 1.19. The predicted octanol–water partition coefficient (Wildman–Crippen LogP) is 7.01. The number of carbonyl (C=O) groups excluding carboxylic acids is 1. The molecule has 0 unspecified atom stereocenters. The molecule has 2 heterocycles. The number of benzene rings is 3. The van der Waals surface area contributed by atoms with E-state index in [9.17, 15) is 4.79 Å². The van der Waals surface area contributed by atoms with Crippen LogP contribution in [0, 0.1) is 0 Å². The zero-order chi connectivity index (χ0) is 24.9. The van der Waals surface area contributed by atoms with Gasteiger partial charge in [0.2, 0.25) is 0 Å². The van der Waals surface area contributed by atoms with Gasteiger partial charge in [-0.05, 0) is 70.0 Å². The van der Waals surface area contributed by atoms with Gasteiger partial charge in [0, 0.05) is 27.8 Å². The van der Waals surface area contributed by atoms with E-state index in [-0.39, 0.29) is 6.61 Å². The van der Waals surface area contributed by atoms with Crippen LogP contribution in [0.2, 0.25) is 5.02 Å². The van der Waals surface area contributed by atoms with Crippen molar-refractivity contribution in [1.29, 1.82) is 0 Å². The Hall–Kier alpha value is -3.81. The number of halogens is 2. The summed E-state index contributed by atoms with van der Waals surface area (Å²) in [4.78, 5) is 17.5. The van der Waals surface area contributed by atoms with Gasteiger partial charge in [-0.1, -0.05) is 54.1 Å². The summed E-state index contributed by atoms with van der Waals surface area (Å²) in [5, 5.41) is 4.11. The van der Waals surface area contributed by atoms with Crippen LogP contribution >= 0.6 is 27.5 Å². The third-order valence-electron chi connectivity index (χ3n) is 5.42. The van der Waals surface area contributed by atoms with Crippen LogP contribution in [0.1, 0.15) is 5.56 Å². The molecule has 0 atom stereocenters. The number of hydrogen-bond donors (Lipinski definition) is 1. The maximum Gasteiger partial charge on any atom is 0.349 e. The Labute approximate surface area is 221 Å². The summed E-state index contributed by atoms with van der Waals surface area (Å²) in [6, 6.07) is 28.1. The number of esters is 1. The summed E-state index contributed by atoms with van der Waals surface area (Å²) >= 11 is 9.45. The molecule has 0 radical (unpaired) electrons. The van der Waals surface area contributed by atoms with Crippen molar-refractivity contribution < 1.29 is 14.3 Å². The van der Waals surface area contributed by atoms with E-state index in [1.165, 1.54) is 0 Å². The van der Waals surface area contributed by atoms with Crippen LogP contribution in [0.25, 0.3) is 16.9 Å². The van der Waals surface area contributed by atoms with E-state index in [4.69, 9.17) is 26.1 Å². The Kier molecular flexibility index (Phi) is 7.21. The van der Waals surface area contributed by atoms with Gasteiger partial charge in [-0.3, -0.25) is 4.40 Å². The minimum Gasteiger partial charge on any atom is -0.482 e. The highest BCUT2D eigenvalue weighted by Gasteiger charge is 2.19. The molecular formula is C28H21BrClN3O3. The minimum absolute atomic E-state index is 0.243. The first-order valence-corrected chi connectivity index (χ1v) is 12.4. The second-order valence-electron chi connectivity index (χ2n) is 7.94. The fourth-order valence-electron chi connectivity index (χ4n) is 3.73. The maximum atomic E-state index is 12.6. The van der Waals surface area contributed by atoms with Gasteiger partial charge in [0.15, 0.2) is 6.61 Å². The Bertz CT molecular complexity index is 1500. The number of aromatic nitrogens is 2. The molecule has 5 rings (SSSR count). The van der Waals surface area contributed by atoms with Gasteiger partial charge in [-0.15, -0.1) is 0 Å². The third-order valence-corrected chi connectivity index (χ3v) is 6.14. The zero-order valence-corrected chi connectivity index (χ0v) is 21.4. The molecule has 180 valence electrons. The van der Waals surface area contributed by atoms with Crippen molar-refractivity contribution in [3.8, 4) is 22.8 Å². The molecule has 1 N–H and O–H groups in total. The van der Waals surface area contributed by atoms with Gasteiger partial charge in [-0.25, -0.2) is 9.78 Å². The number of nitrogens with zero attached hydrogens (tertiary/aromatic N) is 2. The lowest BCUT2D eigenvalue weighted by molar-refractivity contribution is -0.136. The molecule has 0 bridgehead atoms. The van der Waals surface area contributed by atoms with E-state index in [1.807, 2.05) is 59.1 Å². The Morgan fingerprint density at radius 3 is 2.50 bits per heavy atom. The molecule has 0 fully saturated rings. The molecule has 3 aromatic carbocycles. The standard InChI is InChI=1S/C28H21BrClN3O3/c29-20-10-15-25-32-27(28(33(25)17-20)31-16-19-6-2-1-3-7-19)23-8-4-5-9-24(23)36-26(34)18-35-22-13-11-21(30)12-14-22/h1-15,17,31H,16,18H2. The summed E-state index contributed by atoms with van der Waals surface area (Å²) in [6.45, 7) is 0.359. The second-order valence-corrected chi connectivity index (χ2v) is 9.29. The first-order valence-electron chi connectivity index (χ1n) is 11.2. The molecule has 0 aliphatic rings. The average Bonchev–Trinajstić information content (AvgIpc) is 3.25. The van der Waals surface area contributed by atoms with Crippen molar-refractivity contribution in [3.05, 3.63) is 112 Å². The normalized spacial score (nSPS) is 10.8. The smallest absolute Gasteiger partial charge is 0.349 e. The van der Waals surface area contributed by atoms with Crippen LogP contribution in [-0.4, -0.2) is 22.0 Å². The highest BCUT2D eigenvalue weighted by atomic mass is 79.9. The molecular weight excluding hydrogens is 542 g/mol. The van der Waals surface area contributed by atoms with Crippen molar-refractivity contribution in [2.24, 2.45) is 0 Å². The number of ether oxygens (including phenoxy) is 2.